The highest BCUT2D eigenvalue weighted by atomic mass is 16.5. The lowest BCUT2D eigenvalue weighted by Crippen LogP contribution is -2.49. The molecule has 1 fully saturated rings. The van der Waals surface area contributed by atoms with Crippen LogP contribution in [0.4, 0.5) is 0 Å². The van der Waals surface area contributed by atoms with Gasteiger partial charge in [-0.15, -0.1) is 0 Å². The molecular weight excluding hydrogens is 316 g/mol. The van der Waals surface area contributed by atoms with E-state index in [2.05, 4.69) is 28.9 Å². The molecule has 1 unspecified atom stereocenters. The van der Waals surface area contributed by atoms with Gasteiger partial charge in [-0.25, -0.2) is 0 Å². The predicted molar refractivity (Wildman–Crippen MR) is 95.4 cm³/mol. The van der Waals surface area contributed by atoms with Crippen LogP contribution in [0.2, 0.25) is 0 Å². The van der Waals surface area contributed by atoms with Gasteiger partial charge < -0.3 is 9.42 Å². The molecule has 25 heavy (non-hydrogen) atoms. The molecule has 0 saturated carbocycles. The zero-order valence-electron chi connectivity index (χ0n) is 15.2. The summed E-state index contributed by atoms with van der Waals surface area (Å²) in [6.07, 6.45) is 1.76. The Kier molecular flexibility index (Phi) is 5.48. The third-order valence-corrected chi connectivity index (χ3v) is 4.92. The van der Waals surface area contributed by atoms with Crippen LogP contribution in [-0.4, -0.2) is 52.0 Å². The molecule has 1 aliphatic rings. The van der Waals surface area contributed by atoms with Gasteiger partial charge in [0, 0.05) is 38.2 Å². The molecule has 6 heteroatoms. The Bertz CT molecular complexity index is 702. The zero-order valence-corrected chi connectivity index (χ0v) is 15.2. The molecule has 2 aromatic rings. The van der Waals surface area contributed by atoms with Crippen LogP contribution >= 0.6 is 0 Å². The molecule has 0 N–H and O–H groups in total. The van der Waals surface area contributed by atoms with E-state index in [0.29, 0.717) is 19.0 Å². The van der Waals surface area contributed by atoms with Crippen LogP contribution < -0.4 is 0 Å². The summed E-state index contributed by atoms with van der Waals surface area (Å²) in [6.45, 7) is 9.25. The van der Waals surface area contributed by atoms with Crippen LogP contribution in [0.3, 0.4) is 0 Å². The fraction of sp³-hybridized carbons (Fsp3) is 0.526. The smallest absolute Gasteiger partial charge is 0.253 e. The second-order valence-electron chi connectivity index (χ2n) is 6.46. The van der Waals surface area contributed by atoms with Crippen molar-refractivity contribution in [1.82, 2.24) is 19.9 Å². The molecule has 6 nitrogen and oxygen atoms in total. The van der Waals surface area contributed by atoms with Crippen LogP contribution in [0, 0.1) is 0 Å². The van der Waals surface area contributed by atoms with Crippen LogP contribution in [0.1, 0.15) is 54.4 Å². The van der Waals surface area contributed by atoms with Gasteiger partial charge >= 0.3 is 0 Å². The van der Waals surface area contributed by atoms with Crippen molar-refractivity contribution in [2.45, 2.75) is 39.7 Å². The highest BCUT2D eigenvalue weighted by Gasteiger charge is 2.27. The van der Waals surface area contributed by atoms with E-state index in [1.54, 1.807) is 0 Å². The van der Waals surface area contributed by atoms with Gasteiger partial charge in [0.15, 0.2) is 5.82 Å². The van der Waals surface area contributed by atoms with Gasteiger partial charge in [0.25, 0.3) is 5.91 Å². The van der Waals surface area contributed by atoms with Crippen molar-refractivity contribution in [3.63, 3.8) is 0 Å². The third kappa shape index (κ3) is 3.90. The number of amides is 1. The minimum Gasteiger partial charge on any atom is -0.338 e. The molecule has 0 radical (unpaired) electrons. The first kappa shape index (κ1) is 17.6. The van der Waals surface area contributed by atoms with Crippen molar-refractivity contribution in [3.05, 3.63) is 47.1 Å². The van der Waals surface area contributed by atoms with Crippen molar-refractivity contribution in [3.8, 4) is 0 Å². The highest BCUT2D eigenvalue weighted by Crippen LogP contribution is 2.21. The van der Waals surface area contributed by atoms with E-state index in [4.69, 9.17) is 4.52 Å². The molecular formula is C19H26N4O2. The molecule has 1 saturated heterocycles. The summed E-state index contributed by atoms with van der Waals surface area (Å²) in [6, 6.07) is 8.01. The molecule has 134 valence electrons. The molecule has 1 aliphatic heterocycles. The highest BCUT2D eigenvalue weighted by molar-refractivity contribution is 5.94. The number of hydrogen-bond donors (Lipinski definition) is 0. The van der Waals surface area contributed by atoms with E-state index in [9.17, 15) is 4.79 Å². The first-order valence-electron chi connectivity index (χ1n) is 9.07. The second-order valence-corrected chi connectivity index (χ2v) is 6.46. The largest absolute Gasteiger partial charge is 0.338 e. The normalized spacial score (nSPS) is 16.8. The minimum atomic E-state index is 0.0777. The molecule has 1 atom stereocenters. The molecule has 1 amide bonds. The maximum absolute atomic E-state index is 12.7. The fourth-order valence-electron chi connectivity index (χ4n) is 3.11. The van der Waals surface area contributed by atoms with Crippen molar-refractivity contribution >= 4 is 5.91 Å². The summed E-state index contributed by atoms with van der Waals surface area (Å²) in [5.74, 6) is 1.51. The first-order valence-corrected chi connectivity index (χ1v) is 9.07. The predicted octanol–water partition coefficient (Wildman–Crippen LogP) is 2.71. The van der Waals surface area contributed by atoms with E-state index in [0.717, 1.165) is 37.3 Å². The van der Waals surface area contributed by atoms with E-state index >= 15 is 0 Å². The second kappa shape index (κ2) is 7.78. The average molecular weight is 342 g/mol. The molecule has 2 heterocycles. The first-order chi connectivity index (χ1) is 12.1. The van der Waals surface area contributed by atoms with Gasteiger partial charge in [0.05, 0.1) is 6.04 Å². The number of hydrogen-bond acceptors (Lipinski definition) is 5. The van der Waals surface area contributed by atoms with Crippen LogP contribution in [0.25, 0.3) is 0 Å². The van der Waals surface area contributed by atoms with Gasteiger partial charge in [0.1, 0.15) is 0 Å². The van der Waals surface area contributed by atoms with Crippen molar-refractivity contribution in [1.29, 1.82) is 0 Å². The standard InChI is InChI=1S/C19H26N4O2/c1-4-15-6-8-16(9-7-15)19(24)23-12-10-22(11-13-23)14(3)18-20-17(5-2)21-25-18/h6-9,14H,4-5,10-13H2,1-3H3. The Balaban J connectivity index is 1.58. The lowest BCUT2D eigenvalue weighted by molar-refractivity contribution is 0.0551. The van der Waals surface area contributed by atoms with Crippen molar-refractivity contribution in [2.24, 2.45) is 0 Å². The number of piperazine rings is 1. The monoisotopic (exact) mass is 342 g/mol. The summed E-state index contributed by atoms with van der Waals surface area (Å²) in [5, 5.41) is 3.97. The van der Waals surface area contributed by atoms with E-state index in [-0.39, 0.29) is 11.9 Å². The third-order valence-electron chi connectivity index (χ3n) is 4.92. The Labute approximate surface area is 148 Å². The van der Waals surface area contributed by atoms with Gasteiger partial charge in [0.2, 0.25) is 5.89 Å². The van der Waals surface area contributed by atoms with Crippen molar-refractivity contribution < 1.29 is 9.32 Å². The summed E-state index contributed by atoms with van der Waals surface area (Å²) < 4.78 is 5.35. The van der Waals surface area contributed by atoms with E-state index in [1.165, 1.54) is 5.56 Å². The van der Waals surface area contributed by atoms with Gasteiger partial charge in [-0.2, -0.15) is 4.98 Å². The Morgan fingerprint density at radius 2 is 1.80 bits per heavy atom. The fourth-order valence-corrected chi connectivity index (χ4v) is 3.11. The summed E-state index contributed by atoms with van der Waals surface area (Å²) in [7, 11) is 0. The minimum absolute atomic E-state index is 0.0777. The quantitative estimate of drug-likeness (QED) is 0.836. The molecule has 0 spiro atoms. The Morgan fingerprint density at radius 1 is 1.12 bits per heavy atom. The number of benzene rings is 1. The maximum Gasteiger partial charge on any atom is 0.253 e. The van der Waals surface area contributed by atoms with Crippen LogP contribution in [-0.2, 0) is 12.8 Å². The Morgan fingerprint density at radius 3 is 2.36 bits per heavy atom. The van der Waals surface area contributed by atoms with Crippen LogP contribution in [0.15, 0.2) is 28.8 Å². The van der Waals surface area contributed by atoms with Gasteiger partial charge in [-0.1, -0.05) is 31.1 Å². The SMILES string of the molecule is CCc1ccc(C(=O)N2CCN(C(C)c3nc(CC)no3)CC2)cc1. The summed E-state index contributed by atoms with van der Waals surface area (Å²) in [5.41, 5.74) is 2.02. The number of aromatic nitrogens is 2. The molecule has 1 aromatic heterocycles. The maximum atomic E-state index is 12.7. The number of nitrogens with zero attached hydrogens (tertiary/aromatic N) is 4. The number of carbonyl (C=O) groups excluding carboxylic acids is 1. The molecule has 1 aromatic carbocycles. The summed E-state index contributed by atoms with van der Waals surface area (Å²) in [4.78, 5) is 21.3. The topological polar surface area (TPSA) is 62.5 Å². The van der Waals surface area contributed by atoms with Crippen molar-refractivity contribution in [2.75, 3.05) is 26.2 Å². The molecule has 0 bridgehead atoms. The summed E-state index contributed by atoms with van der Waals surface area (Å²) >= 11 is 0. The lowest BCUT2D eigenvalue weighted by atomic mass is 10.1. The number of aryl methyl sites for hydroxylation is 2. The van der Waals surface area contributed by atoms with Crippen LogP contribution in [0.5, 0.6) is 0 Å². The zero-order chi connectivity index (χ0) is 17.8. The van der Waals surface area contributed by atoms with E-state index < -0.39 is 0 Å². The average Bonchev–Trinajstić information content (AvgIpc) is 3.16. The van der Waals surface area contributed by atoms with Gasteiger partial charge in [-0.05, 0) is 31.0 Å². The lowest BCUT2D eigenvalue weighted by Gasteiger charge is -2.36. The van der Waals surface area contributed by atoms with E-state index in [1.807, 2.05) is 36.1 Å². The molecule has 3 rings (SSSR count). The number of carbonyl (C=O) groups is 1. The number of rotatable bonds is 5. The van der Waals surface area contributed by atoms with Gasteiger partial charge in [-0.3, -0.25) is 9.69 Å². The Hall–Kier alpha value is -2.21. The molecule has 0 aliphatic carbocycles.